The van der Waals surface area contributed by atoms with Crippen molar-refractivity contribution in [3.8, 4) is 5.88 Å². The van der Waals surface area contributed by atoms with Gasteiger partial charge in [0.05, 0.1) is 10.9 Å². The van der Waals surface area contributed by atoms with Gasteiger partial charge in [0, 0.05) is 41.4 Å². The summed E-state index contributed by atoms with van der Waals surface area (Å²) in [4.78, 5) is 10.8. The lowest BCUT2D eigenvalue weighted by Gasteiger charge is -2.40. The van der Waals surface area contributed by atoms with Gasteiger partial charge in [-0.3, -0.25) is 4.90 Å². The Morgan fingerprint density at radius 3 is 2.52 bits per heavy atom. The molecule has 0 amide bonds. The van der Waals surface area contributed by atoms with Crippen LogP contribution in [0.25, 0.3) is 4.96 Å². The Balaban J connectivity index is 1.47. The number of nitrogens with zero attached hydrogens (tertiary/aromatic N) is 5. The number of aromatic nitrogens is 3. The SMILES string of the molecule is Cc1nc2sc(C(c3ccc(Br)cc3)N3CCN(c4cccc(Cl)c4)CC3)c(O)n2n1. The molecule has 1 saturated heterocycles. The van der Waals surface area contributed by atoms with E-state index in [1.165, 1.54) is 11.3 Å². The fourth-order valence-corrected chi connectivity index (χ4v) is 5.72. The molecule has 5 rings (SSSR count). The van der Waals surface area contributed by atoms with E-state index in [4.69, 9.17) is 11.6 Å². The lowest BCUT2D eigenvalue weighted by molar-refractivity contribution is 0.211. The van der Waals surface area contributed by atoms with E-state index >= 15 is 0 Å². The zero-order valence-electron chi connectivity index (χ0n) is 16.9. The molecule has 1 aliphatic heterocycles. The number of hydrogen-bond acceptors (Lipinski definition) is 6. The number of rotatable bonds is 4. The quantitative estimate of drug-likeness (QED) is 0.406. The standard InChI is InChI=1S/C22H21BrClN5OS/c1-14-25-22-29(26-14)21(30)20(31-22)19(15-5-7-16(23)8-6-15)28-11-9-27(10-12-28)18-4-2-3-17(24)13-18/h2-8,13,19,30H,9-12H2,1H3. The second kappa shape index (κ2) is 8.43. The molecule has 1 aliphatic rings. The van der Waals surface area contributed by atoms with E-state index in [-0.39, 0.29) is 11.9 Å². The van der Waals surface area contributed by atoms with Gasteiger partial charge in [-0.2, -0.15) is 4.52 Å². The Morgan fingerprint density at radius 2 is 1.84 bits per heavy atom. The molecule has 0 saturated carbocycles. The summed E-state index contributed by atoms with van der Waals surface area (Å²) in [7, 11) is 0. The zero-order chi connectivity index (χ0) is 21.5. The van der Waals surface area contributed by atoms with Crippen LogP contribution in [-0.2, 0) is 0 Å². The molecule has 4 aromatic rings. The number of benzene rings is 2. The minimum atomic E-state index is -0.0663. The number of hydrogen-bond donors (Lipinski definition) is 1. The van der Waals surface area contributed by atoms with Crippen molar-refractivity contribution in [2.45, 2.75) is 13.0 Å². The van der Waals surface area contributed by atoms with Crippen LogP contribution in [0.2, 0.25) is 5.02 Å². The molecule has 0 bridgehead atoms. The third kappa shape index (κ3) is 4.05. The monoisotopic (exact) mass is 517 g/mol. The summed E-state index contributed by atoms with van der Waals surface area (Å²) in [5, 5.41) is 16.1. The first-order chi connectivity index (χ1) is 15.0. The number of halogens is 2. The highest BCUT2D eigenvalue weighted by atomic mass is 79.9. The van der Waals surface area contributed by atoms with Crippen molar-refractivity contribution >= 4 is 49.5 Å². The normalized spacial score (nSPS) is 16.2. The molecule has 1 atom stereocenters. The van der Waals surface area contributed by atoms with Gasteiger partial charge in [0.25, 0.3) is 0 Å². The highest BCUT2D eigenvalue weighted by Crippen LogP contribution is 2.40. The smallest absolute Gasteiger partial charge is 0.230 e. The summed E-state index contributed by atoms with van der Waals surface area (Å²) in [6, 6.07) is 16.2. The average Bonchev–Trinajstić information content (AvgIpc) is 3.27. The topological polar surface area (TPSA) is 56.9 Å². The molecular weight excluding hydrogens is 498 g/mol. The lowest BCUT2D eigenvalue weighted by atomic mass is 10.0. The summed E-state index contributed by atoms with van der Waals surface area (Å²) < 4.78 is 2.58. The van der Waals surface area contributed by atoms with E-state index in [2.05, 4.69) is 54.0 Å². The van der Waals surface area contributed by atoms with Crippen molar-refractivity contribution in [1.82, 2.24) is 19.5 Å². The van der Waals surface area contributed by atoms with Crippen LogP contribution >= 0.6 is 38.9 Å². The van der Waals surface area contributed by atoms with Crippen LogP contribution in [0.3, 0.4) is 0 Å². The molecule has 1 unspecified atom stereocenters. The summed E-state index contributed by atoms with van der Waals surface area (Å²) in [6.07, 6.45) is 0. The minimum Gasteiger partial charge on any atom is -0.492 e. The molecule has 2 aromatic carbocycles. The average molecular weight is 519 g/mol. The molecule has 0 radical (unpaired) electrons. The van der Waals surface area contributed by atoms with Crippen molar-refractivity contribution in [3.63, 3.8) is 0 Å². The Labute approximate surface area is 197 Å². The maximum absolute atomic E-state index is 11.0. The highest BCUT2D eigenvalue weighted by molar-refractivity contribution is 9.10. The van der Waals surface area contributed by atoms with Gasteiger partial charge in [0.15, 0.2) is 0 Å². The predicted octanol–water partition coefficient (Wildman–Crippen LogP) is 5.13. The second-order valence-electron chi connectivity index (χ2n) is 7.60. The highest BCUT2D eigenvalue weighted by Gasteiger charge is 2.31. The van der Waals surface area contributed by atoms with Crippen molar-refractivity contribution in [2.24, 2.45) is 0 Å². The van der Waals surface area contributed by atoms with Crippen molar-refractivity contribution in [2.75, 3.05) is 31.1 Å². The maximum atomic E-state index is 11.0. The summed E-state index contributed by atoms with van der Waals surface area (Å²) in [5.41, 5.74) is 2.28. The Kier molecular flexibility index (Phi) is 5.64. The van der Waals surface area contributed by atoms with Crippen molar-refractivity contribution in [1.29, 1.82) is 0 Å². The Morgan fingerprint density at radius 1 is 1.10 bits per heavy atom. The fraction of sp³-hybridized carbons (Fsp3) is 0.273. The van der Waals surface area contributed by atoms with Gasteiger partial charge >= 0.3 is 0 Å². The van der Waals surface area contributed by atoms with Crippen LogP contribution in [0, 0.1) is 6.92 Å². The number of piperazine rings is 1. The third-order valence-electron chi connectivity index (χ3n) is 5.59. The van der Waals surface area contributed by atoms with Gasteiger partial charge in [-0.15, -0.1) is 5.10 Å². The molecule has 9 heteroatoms. The molecule has 3 heterocycles. The largest absolute Gasteiger partial charge is 0.492 e. The van der Waals surface area contributed by atoms with E-state index in [0.717, 1.165) is 51.8 Å². The van der Waals surface area contributed by atoms with Crippen molar-refractivity contribution in [3.05, 3.63) is 74.3 Å². The zero-order valence-corrected chi connectivity index (χ0v) is 20.0. The van der Waals surface area contributed by atoms with E-state index in [0.29, 0.717) is 10.8 Å². The van der Waals surface area contributed by atoms with Crippen LogP contribution in [0.15, 0.2) is 53.0 Å². The lowest BCUT2D eigenvalue weighted by Crippen LogP contribution is -2.47. The van der Waals surface area contributed by atoms with Crippen LogP contribution in [0.4, 0.5) is 5.69 Å². The number of aromatic hydroxyl groups is 1. The molecule has 1 fully saturated rings. The van der Waals surface area contributed by atoms with Crippen LogP contribution in [0.5, 0.6) is 5.88 Å². The van der Waals surface area contributed by atoms with E-state index in [9.17, 15) is 5.11 Å². The van der Waals surface area contributed by atoms with Crippen LogP contribution in [0.1, 0.15) is 22.3 Å². The van der Waals surface area contributed by atoms with Gasteiger partial charge in [0.1, 0.15) is 5.82 Å². The Bertz CT molecular complexity index is 1220. The molecule has 0 aliphatic carbocycles. The maximum Gasteiger partial charge on any atom is 0.230 e. The van der Waals surface area contributed by atoms with Gasteiger partial charge in [-0.1, -0.05) is 57.1 Å². The molecular formula is C22H21BrClN5OS. The number of aryl methyl sites for hydroxylation is 1. The van der Waals surface area contributed by atoms with Crippen LogP contribution in [-0.4, -0.2) is 50.8 Å². The Hall–Kier alpha value is -2.13. The summed E-state index contributed by atoms with van der Waals surface area (Å²) >= 11 is 11.2. The van der Waals surface area contributed by atoms with E-state index in [1.807, 2.05) is 37.3 Å². The summed E-state index contributed by atoms with van der Waals surface area (Å²) in [5.74, 6) is 0.828. The minimum absolute atomic E-state index is 0.0663. The van der Waals surface area contributed by atoms with Gasteiger partial charge in [-0.25, -0.2) is 4.98 Å². The first kappa shape index (κ1) is 20.8. The molecule has 2 aromatic heterocycles. The van der Waals surface area contributed by atoms with Gasteiger partial charge in [0.2, 0.25) is 10.8 Å². The first-order valence-corrected chi connectivity index (χ1v) is 12.0. The van der Waals surface area contributed by atoms with Crippen molar-refractivity contribution < 1.29 is 5.11 Å². The second-order valence-corrected chi connectivity index (χ2v) is 9.96. The number of anilines is 1. The van der Waals surface area contributed by atoms with Gasteiger partial charge < -0.3 is 10.0 Å². The molecule has 6 nitrogen and oxygen atoms in total. The fourth-order valence-electron chi connectivity index (χ4n) is 4.11. The van der Waals surface area contributed by atoms with E-state index in [1.54, 1.807) is 4.52 Å². The number of thiazole rings is 1. The van der Waals surface area contributed by atoms with Gasteiger partial charge in [-0.05, 0) is 42.8 Å². The predicted molar refractivity (Wildman–Crippen MR) is 128 cm³/mol. The van der Waals surface area contributed by atoms with Crippen LogP contribution < -0.4 is 4.90 Å². The molecule has 1 N–H and O–H groups in total. The van der Waals surface area contributed by atoms with E-state index < -0.39 is 0 Å². The summed E-state index contributed by atoms with van der Waals surface area (Å²) in [6.45, 7) is 5.32. The third-order valence-corrected chi connectivity index (χ3v) is 7.43. The number of fused-ring (bicyclic) bond motifs is 1. The molecule has 0 spiro atoms. The molecule has 160 valence electrons. The first-order valence-electron chi connectivity index (χ1n) is 10.0. The molecule has 31 heavy (non-hydrogen) atoms.